The van der Waals surface area contributed by atoms with Gasteiger partial charge >= 0.3 is 0 Å². The van der Waals surface area contributed by atoms with Crippen LogP contribution in [-0.4, -0.2) is 6.04 Å². The van der Waals surface area contributed by atoms with E-state index in [0.29, 0.717) is 11.5 Å². The molecule has 1 aliphatic carbocycles. The Hall–Kier alpha value is -0.500. The van der Waals surface area contributed by atoms with Gasteiger partial charge in [-0.1, -0.05) is 29.8 Å². The second-order valence-electron chi connectivity index (χ2n) is 5.71. The number of hydrogen-bond acceptors (Lipinski definition) is 1. The standard InChI is InChI=1S/C14H20BrN/c1-10-8-11(4-5-13(10)15)16-12-6-7-14(2,3)9-12/h4-5,8,12,16H,6-7,9H2,1-3H3. The second-order valence-corrected chi connectivity index (χ2v) is 6.57. The SMILES string of the molecule is Cc1cc(NC2CCC(C)(C)C2)ccc1Br. The van der Waals surface area contributed by atoms with Crippen molar-refractivity contribution in [3.63, 3.8) is 0 Å². The molecule has 0 aromatic heterocycles. The number of hydrogen-bond donors (Lipinski definition) is 1. The summed E-state index contributed by atoms with van der Waals surface area (Å²) in [6.07, 6.45) is 3.91. The molecule has 1 fully saturated rings. The molecule has 16 heavy (non-hydrogen) atoms. The summed E-state index contributed by atoms with van der Waals surface area (Å²) < 4.78 is 1.19. The smallest absolute Gasteiger partial charge is 0.0345 e. The van der Waals surface area contributed by atoms with Gasteiger partial charge < -0.3 is 5.32 Å². The van der Waals surface area contributed by atoms with E-state index in [1.54, 1.807) is 0 Å². The number of benzene rings is 1. The van der Waals surface area contributed by atoms with E-state index in [0.717, 1.165) is 0 Å². The first kappa shape index (κ1) is 12.0. The summed E-state index contributed by atoms with van der Waals surface area (Å²) >= 11 is 3.53. The van der Waals surface area contributed by atoms with Gasteiger partial charge in [0, 0.05) is 16.2 Å². The Morgan fingerprint density at radius 2 is 2.12 bits per heavy atom. The summed E-state index contributed by atoms with van der Waals surface area (Å²) in [5, 5.41) is 3.64. The highest BCUT2D eigenvalue weighted by Gasteiger charge is 2.30. The molecule has 1 N–H and O–H groups in total. The maximum atomic E-state index is 3.64. The van der Waals surface area contributed by atoms with Crippen LogP contribution in [0, 0.1) is 12.3 Å². The number of rotatable bonds is 2. The fourth-order valence-corrected chi connectivity index (χ4v) is 2.78. The molecular weight excluding hydrogens is 262 g/mol. The minimum Gasteiger partial charge on any atom is -0.382 e. The molecule has 88 valence electrons. The monoisotopic (exact) mass is 281 g/mol. The van der Waals surface area contributed by atoms with Gasteiger partial charge in [0.25, 0.3) is 0 Å². The summed E-state index contributed by atoms with van der Waals surface area (Å²) in [6, 6.07) is 7.14. The molecule has 1 aromatic carbocycles. The minimum atomic E-state index is 0.516. The first-order chi connectivity index (χ1) is 7.46. The molecule has 1 aliphatic rings. The van der Waals surface area contributed by atoms with Gasteiger partial charge in [-0.25, -0.2) is 0 Å². The summed E-state index contributed by atoms with van der Waals surface area (Å²) in [5.74, 6) is 0. The third kappa shape index (κ3) is 2.79. The van der Waals surface area contributed by atoms with E-state index in [1.165, 1.54) is 35.0 Å². The first-order valence-electron chi connectivity index (χ1n) is 5.99. The van der Waals surface area contributed by atoms with Gasteiger partial charge in [-0.05, 0) is 55.4 Å². The molecule has 1 unspecified atom stereocenters. The number of aryl methyl sites for hydroxylation is 1. The van der Waals surface area contributed by atoms with Crippen LogP contribution in [0.5, 0.6) is 0 Å². The number of anilines is 1. The van der Waals surface area contributed by atoms with Crippen molar-refractivity contribution in [2.24, 2.45) is 5.41 Å². The average Bonchev–Trinajstić information content (AvgIpc) is 2.52. The molecule has 1 aromatic rings. The highest BCUT2D eigenvalue weighted by molar-refractivity contribution is 9.10. The summed E-state index contributed by atoms with van der Waals surface area (Å²) in [4.78, 5) is 0. The normalized spacial score (nSPS) is 23.4. The molecule has 0 aliphatic heterocycles. The van der Waals surface area contributed by atoms with Gasteiger partial charge in [0.2, 0.25) is 0 Å². The lowest BCUT2D eigenvalue weighted by atomic mass is 9.92. The van der Waals surface area contributed by atoms with E-state index < -0.39 is 0 Å². The summed E-state index contributed by atoms with van der Waals surface area (Å²) in [6.45, 7) is 6.86. The van der Waals surface area contributed by atoms with Crippen molar-refractivity contribution < 1.29 is 0 Å². The van der Waals surface area contributed by atoms with Gasteiger partial charge in [0.1, 0.15) is 0 Å². The highest BCUT2D eigenvalue weighted by Crippen LogP contribution is 2.38. The fraction of sp³-hybridized carbons (Fsp3) is 0.571. The fourth-order valence-electron chi connectivity index (χ4n) is 2.53. The van der Waals surface area contributed by atoms with Gasteiger partial charge in [0.15, 0.2) is 0 Å². The second kappa shape index (κ2) is 4.40. The van der Waals surface area contributed by atoms with Gasteiger partial charge in [-0.3, -0.25) is 0 Å². The topological polar surface area (TPSA) is 12.0 Å². The van der Waals surface area contributed by atoms with Gasteiger partial charge in [-0.2, -0.15) is 0 Å². The van der Waals surface area contributed by atoms with E-state index in [2.05, 4.69) is 60.2 Å². The number of halogens is 1. The molecule has 1 atom stereocenters. The van der Waals surface area contributed by atoms with Crippen molar-refractivity contribution >= 4 is 21.6 Å². The lowest BCUT2D eigenvalue weighted by molar-refractivity contribution is 0.378. The Kier molecular flexibility index (Phi) is 3.29. The van der Waals surface area contributed by atoms with Crippen molar-refractivity contribution in [3.05, 3.63) is 28.2 Å². The average molecular weight is 282 g/mol. The van der Waals surface area contributed by atoms with Crippen LogP contribution in [0.2, 0.25) is 0 Å². The molecule has 1 saturated carbocycles. The van der Waals surface area contributed by atoms with E-state index in [9.17, 15) is 0 Å². The van der Waals surface area contributed by atoms with Crippen molar-refractivity contribution in [1.29, 1.82) is 0 Å². The van der Waals surface area contributed by atoms with Crippen LogP contribution in [0.1, 0.15) is 38.7 Å². The largest absolute Gasteiger partial charge is 0.382 e. The molecule has 0 saturated heterocycles. The van der Waals surface area contributed by atoms with Crippen LogP contribution in [0.15, 0.2) is 22.7 Å². The zero-order valence-electron chi connectivity index (χ0n) is 10.3. The minimum absolute atomic E-state index is 0.516. The molecule has 2 rings (SSSR count). The van der Waals surface area contributed by atoms with Gasteiger partial charge in [-0.15, -0.1) is 0 Å². The molecule has 0 bridgehead atoms. The van der Waals surface area contributed by atoms with Crippen LogP contribution >= 0.6 is 15.9 Å². The molecule has 0 radical (unpaired) electrons. The van der Waals surface area contributed by atoms with Crippen molar-refractivity contribution in [2.45, 2.75) is 46.1 Å². The molecule has 1 nitrogen and oxygen atoms in total. The van der Waals surface area contributed by atoms with Crippen LogP contribution in [0.4, 0.5) is 5.69 Å². The molecule has 0 amide bonds. The number of nitrogens with one attached hydrogen (secondary N) is 1. The lowest BCUT2D eigenvalue weighted by Gasteiger charge is -2.19. The predicted molar refractivity (Wildman–Crippen MR) is 73.9 cm³/mol. The maximum Gasteiger partial charge on any atom is 0.0345 e. The highest BCUT2D eigenvalue weighted by atomic mass is 79.9. The molecule has 2 heteroatoms. The summed E-state index contributed by atoms with van der Waals surface area (Å²) in [7, 11) is 0. The Morgan fingerprint density at radius 1 is 1.38 bits per heavy atom. The maximum absolute atomic E-state index is 3.64. The van der Waals surface area contributed by atoms with Crippen molar-refractivity contribution in [2.75, 3.05) is 5.32 Å². The third-order valence-electron chi connectivity index (χ3n) is 3.50. The Balaban J connectivity index is 2.02. The quantitative estimate of drug-likeness (QED) is 0.825. The Bertz CT molecular complexity index is 384. The van der Waals surface area contributed by atoms with Crippen LogP contribution in [0.3, 0.4) is 0 Å². The zero-order chi connectivity index (χ0) is 11.8. The van der Waals surface area contributed by atoms with Crippen molar-refractivity contribution in [3.8, 4) is 0 Å². The summed E-state index contributed by atoms with van der Waals surface area (Å²) in [5.41, 5.74) is 3.06. The third-order valence-corrected chi connectivity index (χ3v) is 4.39. The van der Waals surface area contributed by atoms with E-state index >= 15 is 0 Å². The molecule has 0 spiro atoms. The van der Waals surface area contributed by atoms with E-state index in [-0.39, 0.29) is 0 Å². The Morgan fingerprint density at radius 3 is 2.69 bits per heavy atom. The van der Waals surface area contributed by atoms with Crippen LogP contribution in [0.25, 0.3) is 0 Å². The van der Waals surface area contributed by atoms with Gasteiger partial charge in [0.05, 0.1) is 0 Å². The lowest BCUT2D eigenvalue weighted by Crippen LogP contribution is -2.17. The van der Waals surface area contributed by atoms with Crippen LogP contribution < -0.4 is 5.32 Å². The van der Waals surface area contributed by atoms with E-state index in [1.807, 2.05) is 0 Å². The first-order valence-corrected chi connectivity index (χ1v) is 6.78. The van der Waals surface area contributed by atoms with E-state index in [4.69, 9.17) is 0 Å². The molecular formula is C14H20BrN. The molecule has 0 heterocycles. The van der Waals surface area contributed by atoms with Crippen molar-refractivity contribution in [1.82, 2.24) is 0 Å². The van der Waals surface area contributed by atoms with Crippen LogP contribution in [-0.2, 0) is 0 Å². The zero-order valence-corrected chi connectivity index (χ0v) is 11.9. The predicted octanol–water partition coefficient (Wildman–Crippen LogP) is 4.75. The Labute approximate surface area is 107 Å².